The Bertz CT molecular complexity index is 535. The van der Waals surface area contributed by atoms with Crippen LogP contribution in [0.5, 0.6) is 5.75 Å². The third-order valence-electron chi connectivity index (χ3n) is 2.96. The molecule has 0 radical (unpaired) electrons. The van der Waals surface area contributed by atoms with E-state index in [1.54, 1.807) is 18.2 Å². The van der Waals surface area contributed by atoms with Crippen LogP contribution in [0.4, 0.5) is 5.69 Å². The maximum atomic E-state index is 11.9. The van der Waals surface area contributed by atoms with Gasteiger partial charge in [0, 0.05) is 11.1 Å². The second-order valence-corrected chi connectivity index (χ2v) is 5.55. The third kappa shape index (κ3) is 5.54. The van der Waals surface area contributed by atoms with E-state index in [4.69, 9.17) is 22.1 Å². The molecule has 2 amide bonds. The minimum atomic E-state index is -0.637. The van der Waals surface area contributed by atoms with Crippen LogP contribution in [0.25, 0.3) is 0 Å². The Balaban J connectivity index is 2.60. The van der Waals surface area contributed by atoms with Crippen LogP contribution in [0.15, 0.2) is 18.2 Å². The summed E-state index contributed by atoms with van der Waals surface area (Å²) in [5, 5.41) is 5.68. The number of amides is 2. The standard InChI is InChI=1S/C15H22ClN3O3/c1-4-22-12-7-10(16)5-6-11(12)19-13(20)8-18-15(21)14(17)9(2)3/h5-7,9,14H,4,8,17H2,1-3H3,(H,18,21)(H,19,20)/t14-/m0/s1. The molecular weight excluding hydrogens is 306 g/mol. The maximum absolute atomic E-state index is 11.9. The number of anilines is 1. The highest BCUT2D eigenvalue weighted by Gasteiger charge is 2.18. The Labute approximate surface area is 135 Å². The molecule has 1 rings (SSSR count). The minimum Gasteiger partial charge on any atom is -0.492 e. The zero-order valence-corrected chi connectivity index (χ0v) is 13.7. The summed E-state index contributed by atoms with van der Waals surface area (Å²) in [5.41, 5.74) is 6.20. The normalized spacial score (nSPS) is 11.9. The van der Waals surface area contributed by atoms with Crippen LogP contribution in [0.3, 0.4) is 0 Å². The first-order valence-electron chi connectivity index (χ1n) is 7.10. The number of rotatable bonds is 7. The highest BCUT2D eigenvalue weighted by atomic mass is 35.5. The highest BCUT2D eigenvalue weighted by Crippen LogP contribution is 2.28. The van der Waals surface area contributed by atoms with Crippen molar-refractivity contribution in [2.24, 2.45) is 11.7 Å². The summed E-state index contributed by atoms with van der Waals surface area (Å²) in [4.78, 5) is 23.6. The predicted molar refractivity (Wildman–Crippen MR) is 87.1 cm³/mol. The molecule has 0 spiro atoms. The lowest BCUT2D eigenvalue weighted by Gasteiger charge is -2.16. The number of hydrogen-bond donors (Lipinski definition) is 3. The van der Waals surface area contributed by atoms with Crippen LogP contribution in [0, 0.1) is 5.92 Å². The Kier molecular flexibility index (Phi) is 7.14. The van der Waals surface area contributed by atoms with Crippen molar-refractivity contribution < 1.29 is 14.3 Å². The Hall–Kier alpha value is -1.79. The minimum absolute atomic E-state index is 0.00360. The topological polar surface area (TPSA) is 93.5 Å². The van der Waals surface area contributed by atoms with E-state index >= 15 is 0 Å². The van der Waals surface area contributed by atoms with Gasteiger partial charge in [-0.15, -0.1) is 0 Å². The van der Waals surface area contributed by atoms with Crippen LogP contribution in [-0.4, -0.2) is 31.0 Å². The fraction of sp³-hybridized carbons (Fsp3) is 0.467. The largest absolute Gasteiger partial charge is 0.492 e. The number of carbonyl (C=O) groups excluding carboxylic acids is 2. The van der Waals surface area contributed by atoms with Crippen LogP contribution >= 0.6 is 11.6 Å². The molecule has 0 bridgehead atoms. The molecule has 0 saturated carbocycles. The van der Waals surface area contributed by atoms with Gasteiger partial charge in [-0.25, -0.2) is 0 Å². The molecule has 0 aliphatic carbocycles. The molecule has 1 aromatic rings. The van der Waals surface area contributed by atoms with Crippen molar-refractivity contribution in [1.82, 2.24) is 5.32 Å². The van der Waals surface area contributed by atoms with Gasteiger partial charge in [0.1, 0.15) is 5.75 Å². The Morgan fingerprint density at radius 1 is 1.36 bits per heavy atom. The quantitative estimate of drug-likeness (QED) is 0.711. The zero-order chi connectivity index (χ0) is 16.7. The lowest BCUT2D eigenvalue weighted by Crippen LogP contribution is -2.46. The molecule has 0 aliphatic rings. The van der Waals surface area contributed by atoms with Gasteiger partial charge in [0.25, 0.3) is 0 Å². The van der Waals surface area contributed by atoms with Crippen molar-refractivity contribution in [2.75, 3.05) is 18.5 Å². The van der Waals surface area contributed by atoms with Gasteiger partial charge in [0.05, 0.1) is 24.9 Å². The highest BCUT2D eigenvalue weighted by molar-refractivity contribution is 6.30. The second-order valence-electron chi connectivity index (χ2n) is 5.11. The van der Waals surface area contributed by atoms with Crippen LogP contribution in [0.1, 0.15) is 20.8 Å². The molecule has 0 unspecified atom stereocenters. The number of nitrogens with two attached hydrogens (primary N) is 1. The van der Waals surface area contributed by atoms with Gasteiger partial charge >= 0.3 is 0 Å². The maximum Gasteiger partial charge on any atom is 0.243 e. The van der Waals surface area contributed by atoms with E-state index in [-0.39, 0.29) is 24.3 Å². The van der Waals surface area contributed by atoms with Crippen LogP contribution < -0.4 is 21.1 Å². The van der Waals surface area contributed by atoms with E-state index in [1.807, 2.05) is 20.8 Å². The first-order chi connectivity index (χ1) is 10.3. The SMILES string of the molecule is CCOc1cc(Cl)ccc1NC(=O)CNC(=O)[C@@H](N)C(C)C. The first-order valence-corrected chi connectivity index (χ1v) is 7.48. The second kappa shape index (κ2) is 8.60. The fourth-order valence-corrected chi connectivity index (χ4v) is 1.82. The first kappa shape index (κ1) is 18.3. The number of halogens is 1. The summed E-state index contributed by atoms with van der Waals surface area (Å²) in [5.74, 6) is -0.240. The van der Waals surface area contributed by atoms with Gasteiger partial charge in [0.15, 0.2) is 0 Å². The Morgan fingerprint density at radius 3 is 2.64 bits per heavy atom. The van der Waals surface area contributed by atoms with Crippen molar-refractivity contribution in [3.8, 4) is 5.75 Å². The van der Waals surface area contributed by atoms with Crippen molar-refractivity contribution in [1.29, 1.82) is 0 Å². The van der Waals surface area contributed by atoms with Gasteiger partial charge in [-0.3, -0.25) is 9.59 Å². The number of benzene rings is 1. The van der Waals surface area contributed by atoms with E-state index in [9.17, 15) is 9.59 Å². The average Bonchev–Trinajstić information content (AvgIpc) is 2.47. The van der Waals surface area contributed by atoms with Crippen LogP contribution in [0.2, 0.25) is 5.02 Å². The summed E-state index contributed by atoms with van der Waals surface area (Å²) in [6, 6.07) is 4.27. The van der Waals surface area contributed by atoms with E-state index in [0.29, 0.717) is 23.1 Å². The van der Waals surface area contributed by atoms with Gasteiger partial charge in [-0.2, -0.15) is 0 Å². The van der Waals surface area contributed by atoms with Crippen molar-refractivity contribution in [3.05, 3.63) is 23.2 Å². The molecule has 0 saturated heterocycles. The molecule has 6 nitrogen and oxygen atoms in total. The summed E-state index contributed by atoms with van der Waals surface area (Å²) < 4.78 is 5.41. The monoisotopic (exact) mass is 327 g/mol. The number of hydrogen-bond acceptors (Lipinski definition) is 4. The van der Waals surface area contributed by atoms with E-state index < -0.39 is 6.04 Å². The van der Waals surface area contributed by atoms with Crippen molar-refractivity contribution >= 4 is 29.1 Å². The predicted octanol–water partition coefficient (Wildman–Crippen LogP) is 1.78. The lowest BCUT2D eigenvalue weighted by atomic mass is 10.1. The average molecular weight is 328 g/mol. The third-order valence-corrected chi connectivity index (χ3v) is 3.20. The molecule has 22 heavy (non-hydrogen) atoms. The van der Waals surface area contributed by atoms with Gasteiger partial charge in [0.2, 0.25) is 11.8 Å². The van der Waals surface area contributed by atoms with Crippen molar-refractivity contribution in [2.45, 2.75) is 26.8 Å². The Morgan fingerprint density at radius 2 is 2.05 bits per heavy atom. The molecule has 1 atom stereocenters. The van der Waals surface area contributed by atoms with Gasteiger partial charge < -0.3 is 21.1 Å². The van der Waals surface area contributed by atoms with E-state index in [2.05, 4.69) is 10.6 Å². The molecule has 122 valence electrons. The van der Waals surface area contributed by atoms with Gasteiger partial charge in [-0.05, 0) is 25.0 Å². The molecule has 7 heteroatoms. The zero-order valence-electron chi connectivity index (χ0n) is 13.0. The molecular formula is C15H22ClN3O3. The fourth-order valence-electron chi connectivity index (χ4n) is 1.66. The molecule has 4 N–H and O–H groups in total. The summed E-state index contributed by atoms with van der Waals surface area (Å²) >= 11 is 5.89. The molecule has 1 aromatic carbocycles. The summed E-state index contributed by atoms with van der Waals surface area (Å²) in [6.45, 7) is 5.80. The van der Waals surface area contributed by atoms with Gasteiger partial charge in [-0.1, -0.05) is 25.4 Å². The van der Waals surface area contributed by atoms with Crippen LogP contribution in [-0.2, 0) is 9.59 Å². The molecule has 0 aliphatic heterocycles. The van der Waals surface area contributed by atoms with Crippen molar-refractivity contribution in [3.63, 3.8) is 0 Å². The number of carbonyl (C=O) groups is 2. The number of nitrogens with one attached hydrogen (secondary N) is 2. The molecule has 0 aromatic heterocycles. The molecule has 0 heterocycles. The smallest absolute Gasteiger partial charge is 0.243 e. The summed E-state index contributed by atoms with van der Waals surface area (Å²) in [6.07, 6.45) is 0. The lowest BCUT2D eigenvalue weighted by molar-refractivity contribution is -0.125. The van der Waals surface area contributed by atoms with E-state index in [1.165, 1.54) is 0 Å². The summed E-state index contributed by atoms with van der Waals surface area (Å²) in [7, 11) is 0. The number of ether oxygens (including phenoxy) is 1. The van der Waals surface area contributed by atoms with E-state index in [0.717, 1.165) is 0 Å². The molecule has 0 fully saturated rings.